The highest BCUT2D eigenvalue weighted by Gasteiger charge is 2.30. The second-order valence-corrected chi connectivity index (χ2v) is 5.05. The molecule has 1 saturated heterocycles. The third-order valence-electron chi connectivity index (χ3n) is 3.50. The van der Waals surface area contributed by atoms with Crippen molar-refractivity contribution in [1.29, 1.82) is 0 Å². The van der Waals surface area contributed by atoms with Gasteiger partial charge in [0.15, 0.2) is 0 Å². The van der Waals surface area contributed by atoms with Crippen molar-refractivity contribution in [3.63, 3.8) is 0 Å². The number of halogens is 1. The van der Waals surface area contributed by atoms with Crippen LogP contribution in [0.4, 0.5) is 10.1 Å². The van der Waals surface area contributed by atoms with Crippen LogP contribution >= 0.6 is 0 Å². The van der Waals surface area contributed by atoms with Gasteiger partial charge in [0.05, 0.1) is 5.92 Å². The number of likely N-dealkylation sites (tertiary alicyclic amines) is 1. The summed E-state index contributed by atoms with van der Waals surface area (Å²) in [4.78, 5) is 6.49. The lowest BCUT2D eigenvalue weighted by atomic mass is 10.0. The summed E-state index contributed by atoms with van der Waals surface area (Å²) >= 11 is 0. The summed E-state index contributed by atoms with van der Waals surface area (Å²) in [6.45, 7) is 3.46. The van der Waals surface area contributed by atoms with Gasteiger partial charge in [-0.2, -0.15) is 4.98 Å². The molecule has 1 aromatic heterocycles. The van der Waals surface area contributed by atoms with Crippen LogP contribution in [0.25, 0.3) is 11.4 Å². The van der Waals surface area contributed by atoms with E-state index in [0.29, 0.717) is 28.5 Å². The Morgan fingerprint density at radius 3 is 2.79 bits per heavy atom. The molecular weight excluding hydrogens is 247 g/mol. The Morgan fingerprint density at radius 2 is 2.16 bits per heavy atom. The molecule has 1 aliphatic rings. The molecule has 2 heterocycles. The number of hydrogen-bond donors (Lipinski definition) is 1. The highest BCUT2D eigenvalue weighted by molar-refractivity contribution is 5.63. The third-order valence-corrected chi connectivity index (χ3v) is 3.50. The van der Waals surface area contributed by atoms with Crippen molar-refractivity contribution in [2.24, 2.45) is 0 Å². The molecular formula is C13H15FN4O. The van der Waals surface area contributed by atoms with Crippen molar-refractivity contribution in [2.75, 3.05) is 25.9 Å². The zero-order valence-electron chi connectivity index (χ0n) is 10.9. The van der Waals surface area contributed by atoms with Crippen LogP contribution in [0.5, 0.6) is 0 Å². The molecule has 0 saturated carbocycles. The first-order valence-corrected chi connectivity index (χ1v) is 6.12. The predicted molar refractivity (Wildman–Crippen MR) is 69.1 cm³/mol. The minimum Gasteiger partial charge on any atom is -0.398 e. The summed E-state index contributed by atoms with van der Waals surface area (Å²) in [5.74, 6) is 0.909. The molecule has 100 valence electrons. The normalized spacial score (nSPS) is 16.6. The maximum Gasteiger partial charge on any atom is 0.232 e. The average Bonchev–Trinajstić information content (AvgIpc) is 2.80. The molecule has 0 spiro atoms. The van der Waals surface area contributed by atoms with Gasteiger partial charge in [0.25, 0.3) is 0 Å². The van der Waals surface area contributed by atoms with Gasteiger partial charge < -0.3 is 15.2 Å². The SMILES string of the molecule is Cc1c(N)cc(-c2noc(C3CN(C)C3)n2)cc1F. The van der Waals surface area contributed by atoms with E-state index in [1.165, 1.54) is 6.07 Å². The standard InChI is InChI=1S/C13H15FN4O/c1-7-10(14)3-8(4-11(7)15)12-16-13(19-17-12)9-5-18(2)6-9/h3-4,9H,5-6,15H2,1-2H3. The van der Waals surface area contributed by atoms with Gasteiger partial charge in [0, 0.05) is 29.9 Å². The fourth-order valence-electron chi connectivity index (χ4n) is 2.20. The summed E-state index contributed by atoms with van der Waals surface area (Å²) in [5, 5.41) is 3.90. The molecule has 6 heteroatoms. The second-order valence-electron chi connectivity index (χ2n) is 5.05. The molecule has 2 aromatic rings. The van der Waals surface area contributed by atoms with Gasteiger partial charge in [0.2, 0.25) is 11.7 Å². The molecule has 0 unspecified atom stereocenters. The van der Waals surface area contributed by atoms with Crippen LogP contribution in [0.2, 0.25) is 0 Å². The Kier molecular flexibility index (Phi) is 2.74. The van der Waals surface area contributed by atoms with E-state index in [4.69, 9.17) is 10.3 Å². The van der Waals surface area contributed by atoms with Gasteiger partial charge in [-0.25, -0.2) is 4.39 Å². The van der Waals surface area contributed by atoms with E-state index in [1.807, 2.05) is 7.05 Å². The van der Waals surface area contributed by atoms with Crippen LogP contribution in [0.3, 0.4) is 0 Å². The highest BCUT2D eigenvalue weighted by Crippen LogP contribution is 2.28. The summed E-state index contributed by atoms with van der Waals surface area (Å²) < 4.78 is 18.9. The molecule has 19 heavy (non-hydrogen) atoms. The zero-order chi connectivity index (χ0) is 13.6. The third kappa shape index (κ3) is 2.08. The number of nitrogen functional groups attached to an aromatic ring is 1. The summed E-state index contributed by atoms with van der Waals surface area (Å²) in [6.07, 6.45) is 0. The fourth-order valence-corrected chi connectivity index (χ4v) is 2.20. The van der Waals surface area contributed by atoms with Crippen LogP contribution in [0.1, 0.15) is 17.4 Å². The van der Waals surface area contributed by atoms with Crippen molar-refractivity contribution in [1.82, 2.24) is 15.0 Å². The molecule has 1 aliphatic heterocycles. The quantitative estimate of drug-likeness (QED) is 0.836. The fraction of sp³-hybridized carbons (Fsp3) is 0.385. The highest BCUT2D eigenvalue weighted by atomic mass is 19.1. The van der Waals surface area contributed by atoms with E-state index in [9.17, 15) is 4.39 Å². The molecule has 0 atom stereocenters. The first-order chi connectivity index (χ1) is 9.04. The molecule has 1 fully saturated rings. The van der Waals surface area contributed by atoms with Gasteiger partial charge in [-0.05, 0) is 26.1 Å². The smallest absolute Gasteiger partial charge is 0.232 e. The lowest BCUT2D eigenvalue weighted by Gasteiger charge is -2.33. The van der Waals surface area contributed by atoms with E-state index in [-0.39, 0.29) is 11.7 Å². The molecule has 0 amide bonds. The summed E-state index contributed by atoms with van der Waals surface area (Å²) in [6, 6.07) is 3.05. The van der Waals surface area contributed by atoms with Gasteiger partial charge in [0.1, 0.15) is 5.82 Å². The monoisotopic (exact) mass is 262 g/mol. The summed E-state index contributed by atoms with van der Waals surface area (Å²) in [7, 11) is 2.03. The topological polar surface area (TPSA) is 68.2 Å². The average molecular weight is 262 g/mol. The zero-order valence-corrected chi connectivity index (χ0v) is 10.9. The number of likely N-dealkylation sites (N-methyl/N-ethyl adjacent to an activating group) is 1. The van der Waals surface area contributed by atoms with Crippen LogP contribution in [0, 0.1) is 12.7 Å². The Bertz CT molecular complexity index is 596. The van der Waals surface area contributed by atoms with Crippen LogP contribution < -0.4 is 5.73 Å². The Labute approximate surface area is 110 Å². The maximum atomic E-state index is 13.6. The number of nitrogens with two attached hydrogens (primary N) is 1. The molecule has 3 rings (SSSR count). The number of benzene rings is 1. The van der Waals surface area contributed by atoms with Gasteiger partial charge in [-0.1, -0.05) is 5.16 Å². The molecule has 0 radical (unpaired) electrons. The van der Waals surface area contributed by atoms with E-state index in [1.54, 1.807) is 13.0 Å². The van der Waals surface area contributed by atoms with E-state index >= 15 is 0 Å². The Morgan fingerprint density at radius 1 is 1.42 bits per heavy atom. The van der Waals surface area contributed by atoms with Crippen LogP contribution in [-0.2, 0) is 0 Å². The number of hydrogen-bond acceptors (Lipinski definition) is 5. The van der Waals surface area contributed by atoms with E-state index in [2.05, 4.69) is 15.0 Å². The molecule has 0 aliphatic carbocycles. The Balaban J connectivity index is 1.90. The minimum absolute atomic E-state index is 0.277. The van der Waals surface area contributed by atoms with Crippen molar-refractivity contribution in [2.45, 2.75) is 12.8 Å². The predicted octanol–water partition coefficient (Wildman–Crippen LogP) is 1.80. The lowest BCUT2D eigenvalue weighted by molar-refractivity contribution is 0.158. The summed E-state index contributed by atoms with van der Waals surface area (Å²) in [5.41, 5.74) is 7.12. The second kappa shape index (κ2) is 4.31. The maximum absolute atomic E-state index is 13.6. The lowest BCUT2D eigenvalue weighted by Crippen LogP contribution is -2.41. The minimum atomic E-state index is -0.357. The van der Waals surface area contributed by atoms with Gasteiger partial charge in [-0.3, -0.25) is 0 Å². The first kappa shape index (κ1) is 12.1. The number of rotatable bonds is 2. The number of nitrogens with zero attached hydrogens (tertiary/aromatic N) is 3. The molecule has 0 bridgehead atoms. The Hall–Kier alpha value is -1.95. The molecule has 5 nitrogen and oxygen atoms in total. The van der Waals surface area contributed by atoms with Gasteiger partial charge in [-0.15, -0.1) is 0 Å². The van der Waals surface area contributed by atoms with Crippen molar-refractivity contribution in [3.8, 4) is 11.4 Å². The van der Waals surface area contributed by atoms with Crippen LogP contribution in [-0.4, -0.2) is 35.2 Å². The largest absolute Gasteiger partial charge is 0.398 e. The molecule has 2 N–H and O–H groups in total. The van der Waals surface area contributed by atoms with Crippen LogP contribution in [0.15, 0.2) is 16.7 Å². The van der Waals surface area contributed by atoms with Crippen molar-refractivity contribution >= 4 is 5.69 Å². The molecule has 1 aromatic carbocycles. The number of aromatic nitrogens is 2. The van der Waals surface area contributed by atoms with Crippen molar-refractivity contribution in [3.05, 3.63) is 29.4 Å². The van der Waals surface area contributed by atoms with E-state index < -0.39 is 0 Å². The van der Waals surface area contributed by atoms with Gasteiger partial charge >= 0.3 is 0 Å². The van der Waals surface area contributed by atoms with Crippen molar-refractivity contribution < 1.29 is 8.91 Å². The number of anilines is 1. The van der Waals surface area contributed by atoms with E-state index in [0.717, 1.165) is 13.1 Å². The first-order valence-electron chi connectivity index (χ1n) is 6.12.